The molecule has 1 aromatic carbocycles. The fraction of sp³-hybridized carbons (Fsp3) is 0.333. The van der Waals surface area contributed by atoms with E-state index in [1.54, 1.807) is 6.07 Å². The molecule has 0 atom stereocenters. The summed E-state index contributed by atoms with van der Waals surface area (Å²) < 4.78 is 9.95. The van der Waals surface area contributed by atoms with E-state index in [0.29, 0.717) is 13.0 Å². The Kier molecular flexibility index (Phi) is 6.55. The second kappa shape index (κ2) is 8.38. The Morgan fingerprint density at radius 3 is 2.54 bits per heavy atom. The molecular weight excluding hydrogens is 318 g/mol. The highest BCUT2D eigenvalue weighted by Gasteiger charge is 2.25. The van der Waals surface area contributed by atoms with Gasteiger partial charge in [-0.15, -0.1) is 0 Å². The van der Waals surface area contributed by atoms with Crippen LogP contribution in [0, 0.1) is 21.4 Å². The molecule has 128 valence electrons. The van der Waals surface area contributed by atoms with Crippen LogP contribution in [0.5, 0.6) is 11.5 Å². The molecule has 0 radical (unpaired) electrons. The molecule has 2 N–H and O–H groups in total. The third-order valence-corrected chi connectivity index (χ3v) is 3.04. The predicted octanol–water partition coefficient (Wildman–Crippen LogP) is 1.93. The van der Waals surface area contributed by atoms with Crippen molar-refractivity contribution in [1.82, 2.24) is 5.32 Å². The number of hydrogen-bond acceptors (Lipinski definition) is 7. The molecule has 0 aliphatic heterocycles. The van der Waals surface area contributed by atoms with Crippen molar-refractivity contribution < 1.29 is 24.3 Å². The molecule has 0 aromatic heterocycles. The molecule has 24 heavy (non-hydrogen) atoms. The van der Waals surface area contributed by atoms with E-state index in [0.717, 1.165) is 6.07 Å². The van der Waals surface area contributed by atoms with Crippen molar-refractivity contribution in [2.24, 2.45) is 0 Å². The van der Waals surface area contributed by atoms with Crippen LogP contribution >= 0.6 is 0 Å². The minimum atomic E-state index is -0.769. The molecule has 0 fully saturated rings. The number of rotatable bonds is 7. The summed E-state index contributed by atoms with van der Waals surface area (Å²) in [5, 5.41) is 33.0. The van der Waals surface area contributed by atoms with E-state index in [2.05, 4.69) is 5.32 Å². The third kappa shape index (κ3) is 3.92. The van der Waals surface area contributed by atoms with Gasteiger partial charge in [0.05, 0.1) is 19.1 Å². The molecule has 0 unspecified atom stereocenters. The standard InChI is InChI=1S/C15H17N3O6/c1-4-5-17-15(20)10(8-16)13(19)9-6-11(18(21)22)14(24-3)12(7-9)23-2/h6-7,19H,4-5H2,1-3H3,(H,17,20)/b13-10-. The highest BCUT2D eigenvalue weighted by atomic mass is 16.6. The molecule has 0 bridgehead atoms. The zero-order chi connectivity index (χ0) is 18.3. The SMILES string of the molecule is CCCNC(=O)/C(C#N)=C(\O)c1cc(OC)c(OC)c([N+](=O)[O-])c1. The van der Waals surface area contributed by atoms with Crippen LogP contribution in [0.1, 0.15) is 18.9 Å². The van der Waals surface area contributed by atoms with Crippen molar-refractivity contribution in [3.63, 3.8) is 0 Å². The Balaban J connectivity index is 3.51. The molecule has 1 amide bonds. The molecule has 1 rings (SSSR count). The van der Waals surface area contributed by atoms with Gasteiger partial charge in [0.1, 0.15) is 11.8 Å². The minimum absolute atomic E-state index is 0.0143. The van der Waals surface area contributed by atoms with E-state index in [1.807, 2.05) is 6.92 Å². The number of methoxy groups -OCH3 is 2. The summed E-state index contributed by atoms with van der Waals surface area (Å²) in [5.74, 6) is -1.60. The second-order valence-electron chi connectivity index (χ2n) is 4.58. The number of nitro benzene ring substituents is 1. The molecule has 9 nitrogen and oxygen atoms in total. The van der Waals surface area contributed by atoms with Crippen LogP contribution in [0.3, 0.4) is 0 Å². The van der Waals surface area contributed by atoms with Crippen molar-refractivity contribution in [2.45, 2.75) is 13.3 Å². The first kappa shape index (κ1) is 18.8. The summed E-state index contributed by atoms with van der Waals surface area (Å²) in [5.41, 5.74) is -1.13. The van der Waals surface area contributed by atoms with Gasteiger partial charge in [-0.05, 0) is 12.5 Å². The summed E-state index contributed by atoms with van der Waals surface area (Å²) in [6.45, 7) is 2.15. The zero-order valence-electron chi connectivity index (χ0n) is 13.5. The number of carbonyl (C=O) groups is 1. The smallest absolute Gasteiger partial charge is 0.315 e. The Bertz CT molecular complexity index is 721. The van der Waals surface area contributed by atoms with E-state index in [9.17, 15) is 20.0 Å². The number of nitrogens with one attached hydrogen (secondary N) is 1. The van der Waals surface area contributed by atoms with E-state index in [4.69, 9.17) is 14.7 Å². The van der Waals surface area contributed by atoms with Crippen LogP contribution in [0.25, 0.3) is 5.76 Å². The van der Waals surface area contributed by atoms with Gasteiger partial charge >= 0.3 is 5.69 Å². The van der Waals surface area contributed by atoms with E-state index >= 15 is 0 Å². The molecular formula is C15H17N3O6. The molecule has 0 aliphatic rings. The molecule has 9 heteroatoms. The Morgan fingerprint density at radius 1 is 1.42 bits per heavy atom. The minimum Gasteiger partial charge on any atom is -0.506 e. The number of nitro groups is 1. The number of aliphatic hydroxyl groups excluding tert-OH is 1. The maximum Gasteiger partial charge on any atom is 0.315 e. The lowest BCUT2D eigenvalue weighted by atomic mass is 10.1. The van der Waals surface area contributed by atoms with Gasteiger partial charge in [-0.25, -0.2) is 0 Å². The van der Waals surface area contributed by atoms with Gasteiger partial charge in [-0.1, -0.05) is 6.92 Å². The number of amides is 1. The monoisotopic (exact) mass is 335 g/mol. The van der Waals surface area contributed by atoms with Crippen LogP contribution in [-0.2, 0) is 4.79 Å². The van der Waals surface area contributed by atoms with Crippen LogP contribution in [-0.4, -0.2) is 36.7 Å². The summed E-state index contributed by atoms with van der Waals surface area (Å²) >= 11 is 0. The average Bonchev–Trinajstić information content (AvgIpc) is 2.58. The first-order valence-corrected chi connectivity index (χ1v) is 6.93. The summed E-state index contributed by atoms with van der Waals surface area (Å²) in [7, 11) is 2.50. The fourth-order valence-corrected chi connectivity index (χ4v) is 1.90. The Morgan fingerprint density at radius 2 is 2.08 bits per heavy atom. The molecule has 0 spiro atoms. The van der Waals surface area contributed by atoms with Crippen molar-refractivity contribution in [1.29, 1.82) is 5.26 Å². The predicted molar refractivity (Wildman–Crippen MR) is 84.7 cm³/mol. The number of nitriles is 1. The van der Waals surface area contributed by atoms with E-state index < -0.39 is 27.9 Å². The maximum absolute atomic E-state index is 11.9. The van der Waals surface area contributed by atoms with Crippen molar-refractivity contribution in [3.8, 4) is 17.6 Å². The summed E-state index contributed by atoms with van der Waals surface area (Å²) in [6, 6.07) is 3.84. The van der Waals surface area contributed by atoms with Gasteiger partial charge in [0.2, 0.25) is 5.75 Å². The molecule has 0 saturated heterocycles. The lowest BCUT2D eigenvalue weighted by Crippen LogP contribution is -2.26. The molecule has 0 saturated carbocycles. The number of carbonyl (C=O) groups excluding carboxylic acids is 1. The van der Waals surface area contributed by atoms with Gasteiger partial charge < -0.3 is 19.9 Å². The molecule has 0 aliphatic carbocycles. The number of hydrogen-bond donors (Lipinski definition) is 2. The van der Waals surface area contributed by atoms with E-state index in [-0.39, 0.29) is 17.1 Å². The van der Waals surface area contributed by atoms with Crippen molar-refractivity contribution in [2.75, 3.05) is 20.8 Å². The Labute approximate surface area is 138 Å². The van der Waals surface area contributed by atoms with Gasteiger partial charge in [-0.3, -0.25) is 14.9 Å². The third-order valence-electron chi connectivity index (χ3n) is 3.04. The first-order chi connectivity index (χ1) is 11.4. The van der Waals surface area contributed by atoms with Gasteiger partial charge in [0, 0.05) is 18.2 Å². The molecule has 1 aromatic rings. The van der Waals surface area contributed by atoms with Crippen molar-refractivity contribution >= 4 is 17.4 Å². The average molecular weight is 335 g/mol. The van der Waals surface area contributed by atoms with Gasteiger partial charge in [0.25, 0.3) is 5.91 Å². The van der Waals surface area contributed by atoms with Gasteiger partial charge in [0.15, 0.2) is 11.3 Å². The highest BCUT2D eigenvalue weighted by Crippen LogP contribution is 2.39. The molecule has 0 heterocycles. The number of nitrogens with zero attached hydrogens (tertiary/aromatic N) is 2. The zero-order valence-corrected chi connectivity index (χ0v) is 13.5. The Hall–Kier alpha value is -3.28. The maximum atomic E-state index is 11.9. The largest absolute Gasteiger partial charge is 0.506 e. The quantitative estimate of drug-likeness (QED) is 0.255. The van der Waals surface area contributed by atoms with Crippen LogP contribution in [0.4, 0.5) is 5.69 Å². The number of ether oxygens (including phenoxy) is 2. The van der Waals surface area contributed by atoms with Gasteiger partial charge in [-0.2, -0.15) is 5.26 Å². The van der Waals surface area contributed by atoms with Crippen LogP contribution in [0.2, 0.25) is 0 Å². The normalized spacial score (nSPS) is 11.1. The summed E-state index contributed by atoms with van der Waals surface area (Å²) in [4.78, 5) is 22.3. The topological polar surface area (TPSA) is 135 Å². The van der Waals surface area contributed by atoms with Crippen molar-refractivity contribution in [3.05, 3.63) is 33.4 Å². The fourth-order valence-electron chi connectivity index (χ4n) is 1.90. The first-order valence-electron chi connectivity index (χ1n) is 6.93. The lowest BCUT2D eigenvalue weighted by Gasteiger charge is -2.11. The lowest BCUT2D eigenvalue weighted by molar-refractivity contribution is -0.385. The second-order valence-corrected chi connectivity index (χ2v) is 4.58. The van der Waals surface area contributed by atoms with Crippen LogP contribution < -0.4 is 14.8 Å². The number of benzene rings is 1. The van der Waals surface area contributed by atoms with Crippen LogP contribution in [0.15, 0.2) is 17.7 Å². The van der Waals surface area contributed by atoms with E-state index in [1.165, 1.54) is 20.3 Å². The highest BCUT2D eigenvalue weighted by molar-refractivity contribution is 6.03. The summed E-state index contributed by atoms with van der Waals surface area (Å²) in [6.07, 6.45) is 0.646. The number of aliphatic hydroxyl groups is 1.